The molecule has 0 aliphatic rings. The summed E-state index contributed by atoms with van der Waals surface area (Å²) in [7, 11) is 0. The van der Waals surface area contributed by atoms with Gasteiger partial charge in [-0.1, -0.05) is 0 Å². The lowest BCUT2D eigenvalue weighted by Gasteiger charge is -1.97. The highest BCUT2D eigenvalue weighted by Gasteiger charge is 2.04. The fourth-order valence-electron chi connectivity index (χ4n) is 1.24. The first-order valence-electron chi connectivity index (χ1n) is 4.34. The van der Waals surface area contributed by atoms with Gasteiger partial charge in [-0.2, -0.15) is 4.98 Å². The van der Waals surface area contributed by atoms with Crippen molar-refractivity contribution in [1.82, 2.24) is 15.0 Å². The molecule has 6 heteroatoms. The predicted octanol–water partition coefficient (Wildman–Crippen LogP) is 0.831. The number of H-pyrrole nitrogens is 1. The number of nitrogens with zero attached hydrogens (tertiary/aromatic N) is 2. The molecule has 0 saturated carbocycles. The quantitative estimate of drug-likeness (QED) is 0.790. The Hall–Kier alpha value is -1.69. The Balaban J connectivity index is 2.28. The monoisotopic (exact) mass is 223 g/mol. The van der Waals surface area contributed by atoms with Gasteiger partial charge in [-0.3, -0.25) is 4.79 Å². The first-order chi connectivity index (χ1) is 7.13. The smallest absolute Gasteiger partial charge is 0.254 e. The third-order valence-electron chi connectivity index (χ3n) is 1.79. The molecule has 5 nitrogen and oxygen atoms in total. The van der Waals surface area contributed by atoms with Crippen LogP contribution in [0.15, 0.2) is 16.2 Å². The van der Waals surface area contributed by atoms with Gasteiger partial charge in [0.2, 0.25) is 5.88 Å². The molecule has 0 fully saturated rings. The summed E-state index contributed by atoms with van der Waals surface area (Å²) in [4.78, 5) is 21.6. The van der Waals surface area contributed by atoms with Crippen molar-refractivity contribution in [2.75, 3.05) is 0 Å². The van der Waals surface area contributed by atoms with Gasteiger partial charge in [0.1, 0.15) is 5.82 Å². The van der Waals surface area contributed by atoms with Gasteiger partial charge in [0, 0.05) is 11.8 Å². The van der Waals surface area contributed by atoms with E-state index >= 15 is 0 Å². The third-order valence-corrected chi connectivity index (χ3v) is 2.61. The molecular weight excluding hydrogens is 214 g/mol. The topological polar surface area (TPSA) is 78.9 Å². The zero-order valence-electron chi connectivity index (χ0n) is 8.02. The van der Waals surface area contributed by atoms with Gasteiger partial charge in [0.25, 0.3) is 5.56 Å². The van der Waals surface area contributed by atoms with Crippen LogP contribution in [0.4, 0.5) is 0 Å². The van der Waals surface area contributed by atoms with Crippen LogP contribution in [0.25, 0.3) is 0 Å². The molecule has 0 aliphatic carbocycles. The number of hydrogen-bond acceptors (Lipinski definition) is 5. The summed E-state index contributed by atoms with van der Waals surface area (Å²) >= 11 is 1.54. The first kappa shape index (κ1) is 9.85. The van der Waals surface area contributed by atoms with Gasteiger partial charge in [-0.25, -0.2) is 4.98 Å². The minimum atomic E-state index is -0.357. The first-order valence-corrected chi connectivity index (χ1v) is 5.21. The summed E-state index contributed by atoms with van der Waals surface area (Å²) in [5.74, 6) is 0.158. The van der Waals surface area contributed by atoms with Gasteiger partial charge in [0.15, 0.2) is 0 Å². The SMILES string of the molecule is Cc1nc(Cc2nc(O)cc(=O)[nH]2)cs1. The standard InChI is InChI=1S/C9H9N3O2S/c1-5-10-6(4-15-5)2-7-11-8(13)3-9(14)12-7/h3-4H,2H2,1H3,(H2,11,12,13,14). The van der Waals surface area contributed by atoms with Crippen LogP contribution in [-0.4, -0.2) is 20.1 Å². The number of aromatic hydroxyl groups is 1. The third kappa shape index (κ3) is 2.41. The highest BCUT2D eigenvalue weighted by molar-refractivity contribution is 7.09. The van der Waals surface area contributed by atoms with Crippen molar-refractivity contribution in [2.45, 2.75) is 13.3 Å². The summed E-state index contributed by atoms with van der Waals surface area (Å²) < 4.78 is 0. The van der Waals surface area contributed by atoms with Crippen LogP contribution in [0.5, 0.6) is 5.88 Å². The maximum Gasteiger partial charge on any atom is 0.254 e. The molecule has 0 radical (unpaired) electrons. The van der Waals surface area contributed by atoms with Crippen molar-refractivity contribution >= 4 is 11.3 Å². The van der Waals surface area contributed by atoms with E-state index < -0.39 is 0 Å². The molecule has 0 atom stereocenters. The second-order valence-electron chi connectivity index (χ2n) is 3.08. The Morgan fingerprint density at radius 2 is 2.33 bits per heavy atom. The van der Waals surface area contributed by atoms with Crippen molar-refractivity contribution in [3.8, 4) is 5.88 Å². The number of rotatable bonds is 2. The Bertz CT molecular complexity index is 532. The second kappa shape index (κ2) is 3.82. The maximum atomic E-state index is 11.0. The number of aromatic amines is 1. The maximum absolute atomic E-state index is 11.0. The van der Waals surface area contributed by atoms with E-state index in [1.165, 1.54) is 11.3 Å². The molecule has 0 aromatic carbocycles. The highest BCUT2D eigenvalue weighted by Crippen LogP contribution is 2.11. The predicted molar refractivity (Wildman–Crippen MR) is 56.2 cm³/mol. The van der Waals surface area contributed by atoms with Crippen molar-refractivity contribution in [3.05, 3.63) is 38.3 Å². The van der Waals surface area contributed by atoms with E-state index in [0.29, 0.717) is 12.2 Å². The lowest BCUT2D eigenvalue weighted by molar-refractivity contribution is 0.448. The average molecular weight is 223 g/mol. The summed E-state index contributed by atoms with van der Waals surface area (Å²) in [6.45, 7) is 1.91. The summed E-state index contributed by atoms with van der Waals surface area (Å²) in [6.07, 6.45) is 0.425. The second-order valence-corrected chi connectivity index (χ2v) is 4.15. The van der Waals surface area contributed by atoms with Gasteiger partial charge in [-0.05, 0) is 6.92 Å². The number of thiazole rings is 1. The molecule has 0 bridgehead atoms. The van der Waals surface area contributed by atoms with E-state index in [-0.39, 0.29) is 11.4 Å². The molecular formula is C9H9N3O2S. The lowest BCUT2D eigenvalue weighted by atomic mass is 10.3. The van der Waals surface area contributed by atoms with Gasteiger partial charge >= 0.3 is 0 Å². The summed E-state index contributed by atoms with van der Waals surface area (Å²) in [5.41, 5.74) is 0.482. The van der Waals surface area contributed by atoms with Crippen LogP contribution in [0.3, 0.4) is 0 Å². The summed E-state index contributed by atoms with van der Waals surface area (Å²) in [5, 5.41) is 12.0. The highest BCUT2D eigenvalue weighted by atomic mass is 32.1. The Labute approximate surface area is 89.5 Å². The molecule has 2 aromatic rings. The minimum Gasteiger partial charge on any atom is -0.493 e. The van der Waals surface area contributed by atoms with E-state index in [1.54, 1.807) is 0 Å². The number of nitrogens with one attached hydrogen (secondary N) is 1. The molecule has 0 saturated heterocycles. The number of aromatic nitrogens is 3. The van der Waals surface area contributed by atoms with Crippen LogP contribution in [0, 0.1) is 6.92 Å². The average Bonchev–Trinajstić information content (AvgIpc) is 2.49. The fraction of sp³-hybridized carbons (Fsp3) is 0.222. The van der Waals surface area contributed by atoms with E-state index in [9.17, 15) is 4.79 Å². The van der Waals surface area contributed by atoms with Crippen molar-refractivity contribution in [1.29, 1.82) is 0 Å². The van der Waals surface area contributed by atoms with Crippen molar-refractivity contribution < 1.29 is 5.11 Å². The molecule has 2 N–H and O–H groups in total. The van der Waals surface area contributed by atoms with E-state index in [4.69, 9.17) is 5.11 Å². The van der Waals surface area contributed by atoms with Crippen LogP contribution >= 0.6 is 11.3 Å². The van der Waals surface area contributed by atoms with Crippen LogP contribution in [-0.2, 0) is 6.42 Å². The van der Waals surface area contributed by atoms with Gasteiger partial charge in [-0.15, -0.1) is 11.3 Å². The summed E-state index contributed by atoms with van der Waals surface area (Å²) in [6, 6.07) is 1.04. The van der Waals surface area contributed by atoms with Gasteiger partial charge in [0.05, 0.1) is 16.8 Å². The normalized spacial score (nSPS) is 10.5. The minimum absolute atomic E-state index is 0.263. The Morgan fingerprint density at radius 1 is 1.53 bits per heavy atom. The van der Waals surface area contributed by atoms with Crippen molar-refractivity contribution in [2.24, 2.45) is 0 Å². The zero-order chi connectivity index (χ0) is 10.8. The van der Waals surface area contributed by atoms with Crippen LogP contribution in [0.2, 0.25) is 0 Å². The molecule has 15 heavy (non-hydrogen) atoms. The molecule has 0 spiro atoms. The molecule has 2 aromatic heterocycles. The molecule has 0 unspecified atom stereocenters. The largest absolute Gasteiger partial charge is 0.493 e. The van der Waals surface area contributed by atoms with E-state index in [2.05, 4.69) is 15.0 Å². The Kier molecular flexibility index (Phi) is 2.51. The zero-order valence-corrected chi connectivity index (χ0v) is 8.84. The van der Waals surface area contributed by atoms with Crippen LogP contribution in [0.1, 0.15) is 16.5 Å². The number of aryl methyl sites for hydroxylation is 1. The fourth-order valence-corrected chi connectivity index (χ4v) is 1.85. The number of hydrogen-bond donors (Lipinski definition) is 2. The molecule has 78 valence electrons. The van der Waals surface area contributed by atoms with Gasteiger partial charge < -0.3 is 10.1 Å². The molecule has 2 heterocycles. The van der Waals surface area contributed by atoms with E-state index in [0.717, 1.165) is 16.8 Å². The molecule has 0 amide bonds. The molecule has 0 aliphatic heterocycles. The van der Waals surface area contributed by atoms with Crippen LogP contribution < -0.4 is 5.56 Å². The van der Waals surface area contributed by atoms with E-state index in [1.807, 2.05) is 12.3 Å². The lowest BCUT2D eigenvalue weighted by Crippen LogP contribution is -2.09. The molecule has 2 rings (SSSR count). The Morgan fingerprint density at radius 3 is 2.93 bits per heavy atom. The van der Waals surface area contributed by atoms with Crippen molar-refractivity contribution in [3.63, 3.8) is 0 Å².